The zero-order valence-corrected chi connectivity index (χ0v) is 8.04. The number of hydrogen-bond acceptors (Lipinski definition) is 2. The van der Waals surface area contributed by atoms with Gasteiger partial charge in [-0.25, -0.2) is 0 Å². The standard InChI is InChI=1S/C11H14N2/c1-11(2,13)7-9-5-3-4-6-10(9)8-12/h3-6H,7,13H2,1-2H3. The minimum atomic E-state index is -0.257. The van der Waals surface area contributed by atoms with Crippen LogP contribution in [0.3, 0.4) is 0 Å². The predicted molar refractivity (Wildman–Crippen MR) is 53.1 cm³/mol. The first-order chi connectivity index (χ1) is 6.03. The number of nitrogens with two attached hydrogens (primary N) is 1. The zero-order valence-electron chi connectivity index (χ0n) is 8.04. The van der Waals surface area contributed by atoms with Crippen molar-refractivity contribution in [3.63, 3.8) is 0 Å². The molecule has 0 aliphatic carbocycles. The van der Waals surface area contributed by atoms with E-state index in [1.807, 2.05) is 38.1 Å². The highest BCUT2D eigenvalue weighted by atomic mass is 14.7. The highest BCUT2D eigenvalue weighted by Gasteiger charge is 2.13. The SMILES string of the molecule is CC(C)(N)Cc1ccccc1C#N. The van der Waals surface area contributed by atoms with Gasteiger partial charge in [-0.1, -0.05) is 18.2 Å². The van der Waals surface area contributed by atoms with Gasteiger partial charge >= 0.3 is 0 Å². The quantitative estimate of drug-likeness (QED) is 0.743. The monoisotopic (exact) mass is 174 g/mol. The minimum absolute atomic E-state index is 0.257. The van der Waals surface area contributed by atoms with E-state index < -0.39 is 0 Å². The fraction of sp³-hybridized carbons (Fsp3) is 0.364. The molecule has 1 rings (SSSR count). The van der Waals surface area contributed by atoms with Crippen molar-refractivity contribution in [1.82, 2.24) is 0 Å². The lowest BCUT2D eigenvalue weighted by atomic mass is 9.93. The van der Waals surface area contributed by atoms with Gasteiger partial charge in [0, 0.05) is 5.54 Å². The van der Waals surface area contributed by atoms with Crippen LogP contribution in [0.5, 0.6) is 0 Å². The van der Waals surface area contributed by atoms with Gasteiger partial charge in [0.15, 0.2) is 0 Å². The van der Waals surface area contributed by atoms with Gasteiger partial charge in [0.25, 0.3) is 0 Å². The van der Waals surface area contributed by atoms with E-state index in [-0.39, 0.29) is 5.54 Å². The molecular formula is C11H14N2. The van der Waals surface area contributed by atoms with Gasteiger partial charge in [-0.2, -0.15) is 5.26 Å². The lowest BCUT2D eigenvalue weighted by Gasteiger charge is -2.18. The second-order valence-corrected chi connectivity index (χ2v) is 3.93. The summed E-state index contributed by atoms with van der Waals surface area (Å²) in [7, 11) is 0. The van der Waals surface area contributed by atoms with E-state index in [0.717, 1.165) is 17.5 Å². The van der Waals surface area contributed by atoms with E-state index in [4.69, 9.17) is 11.0 Å². The van der Waals surface area contributed by atoms with Gasteiger partial charge in [0.05, 0.1) is 11.6 Å². The van der Waals surface area contributed by atoms with Crippen LogP contribution >= 0.6 is 0 Å². The molecule has 0 fully saturated rings. The van der Waals surface area contributed by atoms with Gasteiger partial charge in [-0.3, -0.25) is 0 Å². The largest absolute Gasteiger partial charge is 0.325 e. The molecule has 0 aromatic heterocycles. The van der Waals surface area contributed by atoms with Gasteiger partial charge in [-0.05, 0) is 31.9 Å². The lowest BCUT2D eigenvalue weighted by Crippen LogP contribution is -2.34. The number of benzene rings is 1. The Kier molecular flexibility index (Phi) is 2.69. The highest BCUT2D eigenvalue weighted by molar-refractivity contribution is 5.38. The van der Waals surface area contributed by atoms with Crippen LogP contribution in [-0.4, -0.2) is 5.54 Å². The van der Waals surface area contributed by atoms with Crippen LogP contribution in [-0.2, 0) is 6.42 Å². The Morgan fingerprint density at radius 3 is 2.54 bits per heavy atom. The Labute approximate surface area is 79.0 Å². The molecule has 0 spiro atoms. The molecule has 0 aliphatic heterocycles. The van der Waals surface area contributed by atoms with Crippen LogP contribution in [0.2, 0.25) is 0 Å². The van der Waals surface area contributed by atoms with Gasteiger partial charge in [0.1, 0.15) is 0 Å². The number of nitriles is 1. The maximum atomic E-state index is 8.82. The van der Waals surface area contributed by atoms with E-state index in [0.29, 0.717) is 0 Å². The van der Waals surface area contributed by atoms with Crippen molar-refractivity contribution in [1.29, 1.82) is 5.26 Å². The average Bonchev–Trinajstić information content (AvgIpc) is 2.02. The first-order valence-corrected chi connectivity index (χ1v) is 4.30. The molecule has 68 valence electrons. The van der Waals surface area contributed by atoms with E-state index in [9.17, 15) is 0 Å². The summed E-state index contributed by atoms with van der Waals surface area (Å²) in [6.07, 6.45) is 0.733. The van der Waals surface area contributed by atoms with Crippen LogP contribution in [0.25, 0.3) is 0 Å². The summed E-state index contributed by atoms with van der Waals surface area (Å²) in [4.78, 5) is 0. The van der Waals surface area contributed by atoms with Crippen molar-refractivity contribution >= 4 is 0 Å². The van der Waals surface area contributed by atoms with E-state index in [1.165, 1.54) is 0 Å². The summed E-state index contributed by atoms with van der Waals surface area (Å²) in [6, 6.07) is 9.73. The molecular weight excluding hydrogens is 160 g/mol. The van der Waals surface area contributed by atoms with Crippen molar-refractivity contribution < 1.29 is 0 Å². The Balaban J connectivity index is 2.96. The Morgan fingerprint density at radius 2 is 2.00 bits per heavy atom. The number of rotatable bonds is 2. The molecule has 0 unspecified atom stereocenters. The summed E-state index contributed by atoms with van der Waals surface area (Å²) in [5.41, 5.74) is 7.37. The summed E-state index contributed by atoms with van der Waals surface area (Å²) in [5, 5.41) is 8.82. The van der Waals surface area contributed by atoms with Crippen LogP contribution in [0.4, 0.5) is 0 Å². The smallest absolute Gasteiger partial charge is 0.0994 e. The lowest BCUT2D eigenvalue weighted by molar-refractivity contribution is 0.516. The van der Waals surface area contributed by atoms with Crippen molar-refractivity contribution in [3.8, 4) is 6.07 Å². The van der Waals surface area contributed by atoms with Gasteiger partial charge in [0.2, 0.25) is 0 Å². The fourth-order valence-electron chi connectivity index (χ4n) is 1.27. The molecule has 0 atom stereocenters. The summed E-state index contributed by atoms with van der Waals surface area (Å²) >= 11 is 0. The summed E-state index contributed by atoms with van der Waals surface area (Å²) in [5.74, 6) is 0. The average molecular weight is 174 g/mol. The normalized spacial score (nSPS) is 10.9. The zero-order chi connectivity index (χ0) is 9.90. The Morgan fingerprint density at radius 1 is 1.38 bits per heavy atom. The van der Waals surface area contributed by atoms with Crippen LogP contribution in [0.1, 0.15) is 25.0 Å². The molecule has 2 nitrogen and oxygen atoms in total. The first kappa shape index (κ1) is 9.76. The molecule has 0 bridgehead atoms. The number of hydrogen-bond donors (Lipinski definition) is 1. The Hall–Kier alpha value is -1.33. The summed E-state index contributed by atoms with van der Waals surface area (Å²) in [6.45, 7) is 3.92. The van der Waals surface area contributed by atoms with Gasteiger partial charge < -0.3 is 5.73 Å². The number of nitrogens with zero attached hydrogens (tertiary/aromatic N) is 1. The van der Waals surface area contributed by atoms with E-state index in [2.05, 4.69) is 6.07 Å². The maximum absolute atomic E-state index is 8.82. The van der Waals surface area contributed by atoms with Crippen molar-refractivity contribution in [2.75, 3.05) is 0 Å². The van der Waals surface area contributed by atoms with Gasteiger partial charge in [-0.15, -0.1) is 0 Å². The van der Waals surface area contributed by atoms with E-state index in [1.54, 1.807) is 0 Å². The van der Waals surface area contributed by atoms with Crippen LogP contribution < -0.4 is 5.73 Å². The molecule has 0 aliphatic rings. The van der Waals surface area contributed by atoms with Crippen molar-refractivity contribution in [2.45, 2.75) is 25.8 Å². The molecule has 2 N–H and O–H groups in total. The van der Waals surface area contributed by atoms with Crippen molar-refractivity contribution in [2.24, 2.45) is 5.73 Å². The molecule has 1 aromatic carbocycles. The minimum Gasteiger partial charge on any atom is -0.325 e. The third kappa shape index (κ3) is 2.89. The molecule has 0 heterocycles. The topological polar surface area (TPSA) is 49.8 Å². The van der Waals surface area contributed by atoms with Crippen LogP contribution in [0.15, 0.2) is 24.3 Å². The molecule has 0 saturated heterocycles. The maximum Gasteiger partial charge on any atom is 0.0994 e. The van der Waals surface area contributed by atoms with Crippen LogP contribution in [0, 0.1) is 11.3 Å². The molecule has 13 heavy (non-hydrogen) atoms. The second-order valence-electron chi connectivity index (χ2n) is 3.93. The van der Waals surface area contributed by atoms with Crippen molar-refractivity contribution in [3.05, 3.63) is 35.4 Å². The molecule has 2 heteroatoms. The molecule has 0 saturated carbocycles. The molecule has 0 amide bonds. The second kappa shape index (κ2) is 3.59. The molecule has 1 aromatic rings. The Bertz CT molecular complexity index is 329. The third-order valence-corrected chi connectivity index (χ3v) is 1.78. The molecule has 0 radical (unpaired) electrons. The third-order valence-electron chi connectivity index (χ3n) is 1.78. The predicted octanol–water partition coefficient (Wildman–Crippen LogP) is 1.84. The first-order valence-electron chi connectivity index (χ1n) is 4.30. The van der Waals surface area contributed by atoms with E-state index >= 15 is 0 Å². The summed E-state index contributed by atoms with van der Waals surface area (Å²) < 4.78 is 0. The fourth-order valence-corrected chi connectivity index (χ4v) is 1.27. The highest BCUT2D eigenvalue weighted by Crippen LogP contribution is 2.13.